The molecule has 3 atom stereocenters. The van der Waals surface area contributed by atoms with Gasteiger partial charge < -0.3 is 15.2 Å². The highest BCUT2D eigenvalue weighted by Crippen LogP contribution is 2.52. The number of nitrogens with one attached hydrogen (secondary N) is 1. The van der Waals surface area contributed by atoms with Crippen LogP contribution in [-0.4, -0.2) is 54.3 Å². The van der Waals surface area contributed by atoms with Gasteiger partial charge in [0.1, 0.15) is 5.75 Å². The Balaban J connectivity index is 1.38. The van der Waals surface area contributed by atoms with Gasteiger partial charge in [0.05, 0.1) is 12.7 Å². The van der Waals surface area contributed by atoms with Gasteiger partial charge in [-0.15, -0.1) is 6.58 Å². The number of ether oxygens (including phenoxy) is 1. The summed E-state index contributed by atoms with van der Waals surface area (Å²) in [7, 11) is 1.68. The maximum atomic E-state index is 12.8. The summed E-state index contributed by atoms with van der Waals surface area (Å²) in [6.45, 7) is 6.19. The number of hydrogen-bond donors (Lipinski definition) is 2. The van der Waals surface area contributed by atoms with Crippen molar-refractivity contribution in [3.05, 3.63) is 78.4 Å². The van der Waals surface area contributed by atoms with Crippen molar-refractivity contribution in [3.63, 3.8) is 0 Å². The zero-order valence-electron chi connectivity index (χ0n) is 21.8. The normalized spacial score (nSPS) is 26.1. The Bertz CT molecular complexity index is 1010. The van der Waals surface area contributed by atoms with Crippen molar-refractivity contribution in [2.24, 2.45) is 0 Å². The monoisotopic (exact) mass is 490 g/mol. The molecule has 0 radical (unpaired) electrons. The Labute approximate surface area is 216 Å². The Kier molecular flexibility index (Phi) is 8.86. The summed E-state index contributed by atoms with van der Waals surface area (Å²) in [4.78, 5) is 15.1. The number of hydrogen-bond acceptors (Lipinski definition) is 4. The molecule has 0 unspecified atom stereocenters. The zero-order chi connectivity index (χ0) is 25.4. The second kappa shape index (κ2) is 12.1. The first-order chi connectivity index (χ1) is 17.5. The lowest BCUT2D eigenvalue weighted by atomic mass is 9.55. The number of unbranched alkanes of at least 4 members (excludes halogenated alkanes) is 2. The number of rotatable bonds is 11. The van der Waals surface area contributed by atoms with Crippen LogP contribution in [0.1, 0.15) is 62.5 Å². The third-order valence-electron chi connectivity index (χ3n) is 8.32. The molecule has 2 aromatic carbocycles. The summed E-state index contributed by atoms with van der Waals surface area (Å²) in [5, 5.41) is 15.4. The summed E-state index contributed by atoms with van der Waals surface area (Å²) >= 11 is 0. The number of benzene rings is 2. The predicted octanol–water partition coefficient (Wildman–Crippen LogP) is 5.03. The minimum Gasteiger partial charge on any atom is -0.497 e. The van der Waals surface area contributed by atoms with Gasteiger partial charge in [0.15, 0.2) is 0 Å². The third kappa shape index (κ3) is 6.01. The number of carbonyl (C=O) groups excluding carboxylic acids is 1. The summed E-state index contributed by atoms with van der Waals surface area (Å²) < 4.78 is 5.52. The van der Waals surface area contributed by atoms with Crippen LogP contribution in [0.25, 0.3) is 0 Å². The molecule has 1 amide bonds. The second-order valence-electron chi connectivity index (χ2n) is 10.7. The fourth-order valence-corrected chi connectivity index (χ4v) is 6.38. The van der Waals surface area contributed by atoms with E-state index < -0.39 is 11.0 Å². The van der Waals surface area contributed by atoms with Gasteiger partial charge in [0.2, 0.25) is 5.91 Å². The highest BCUT2D eigenvalue weighted by Gasteiger charge is 2.57. The van der Waals surface area contributed by atoms with Gasteiger partial charge in [0.25, 0.3) is 0 Å². The SMILES string of the molecule is C=CCN1CC[C@@]2(c3cccc(OC)c3)C[C@H](NC(=O)CCCCCc3ccccc3)CC[C@]2(O)C1. The maximum Gasteiger partial charge on any atom is 0.220 e. The highest BCUT2D eigenvalue weighted by molar-refractivity contribution is 5.76. The summed E-state index contributed by atoms with van der Waals surface area (Å²) in [5.74, 6) is 0.939. The highest BCUT2D eigenvalue weighted by atomic mass is 16.5. The molecule has 0 spiro atoms. The van der Waals surface area contributed by atoms with Crippen molar-refractivity contribution in [1.29, 1.82) is 0 Å². The second-order valence-corrected chi connectivity index (χ2v) is 10.7. The number of aryl methyl sites for hydroxylation is 1. The van der Waals surface area contributed by atoms with E-state index in [9.17, 15) is 9.90 Å². The number of carbonyl (C=O) groups is 1. The van der Waals surface area contributed by atoms with Crippen LogP contribution < -0.4 is 10.1 Å². The standard InChI is InChI=1S/C31H42N2O3/c1-3-20-33-21-19-30(26-14-10-15-28(22-26)36-2)23-27(17-18-31(30,35)24-33)32-29(34)16-9-5-8-13-25-11-6-4-7-12-25/h3-4,6-7,10-12,14-15,22,27,35H,1,5,8-9,13,16-21,23-24H2,2H3,(H,32,34)/t27-,30+,31+/m1/s1. The number of amides is 1. The number of nitrogens with zero attached hydrogens (tertiary/aromatic N) is 1. The van der Waals surface area contributed by atoms with E-state index >= 15 is 0 Å². The van der Waals surface area contributed by atoms with Crippen molar-refractivity contribution in [3.8, 4) is 5.75 Å². The van der Waals surface area contributed by atoms with Gasteiger partial charge in [-0.1, -0.05) is 55.0 Å². The van der Waals surface area contributed by atoms with Crippen LogP contribution in [0.4, 0.5) is 0 Å². The topological polar surface area (TPSA) is 61.8 Å². The minimum absolute atomic E-state index is 0.0687. The van der Waals surface area contributed by atoms with Crippen molar-refractivity contribution in [2.45, 2.75) is 74.8 Å². The summed E-state index contributed by atoms with van der Waals surface area (Å²) in [6.07, 6.45) is 9.66. The van der Waals surface area contributed by atoms with Crippen LogP contribution in [0.15, 0.2) is 67.3 Å². The molecule has 4 rings (SSSR count). The lowest BCUT2D eigenvalue weighted by Gasteiger charge is -2.58. The molecule has 1 saturated heterocycles. The molecule has 36 heavy (non-hydrogen) atoms. The number of fused-ring (bicyclic) bond motifs is 1. The fraction of sp³-hybridized carbons (Fsp3) is 0.516. The molecule has 1 aliphatic carbocycles. The zero-order valence-corrected chi connectivity index (χ0v) is 21.8. The smallest absolute Gasteiger partial charge is 0.220 e. The van der Waals surface area contributed by atoms with Gasteiger partial charge in [-0.2, -0.15) is 0 Å². The fourth-order valence-electron chi connectivity index (χ4n) is 6.38. The Hall–Kier alpha value is -2.63. The van der Waals surface area contributed by atoms with E-state index in [0.29, 0.717) is 19.4 Å². The molecule has 1 heterocycles. The first-order valence-corrected chi connectivity index (χ1v) is 13.5. The Morgan fingerprint density at radius 2 is 2.00 bits per heavy atom. The average Bonchev–Trinajstić information content (AvgIpc) is 2.89. The molecule has 2 aliphatic rings. The minimum atomic E-state index is -0.848. The molecule has 194 valence electrons. The molecule has 1 aliphatic heterocycles. The molecule has 0 bridgehead atoms. The van der Waals surface area contributed by atoms with Crippen LogP contribution in [0.3, 0.4) is 0 Å². The van der Waals surface area contributed by atoms with Gasteiger partial charge in [-0.3, -0.25) is 9.69 Å². The van der Waals surface area contributed by atoms with Gasteiger partial charge >= 0.3 is 0 Å². The van der Waals surface area contributed by atoms with Gasteiger partial charge in [0, 0.05) is 31.0 Å². The number of likely N-dealkylation sites (tertiary alicyclic amines) is 1. The van der Waals surface area contributed by atoms with Gasteiger partial charge in [-0.25, -0.2) is 0 Å². The van der Waals surface area contributed by atoms with Crippen LogP contribution in [0, 0.1) is 0 Å². The van der Waals surface area contributed by atoms with E-state index in [4.69, 9.17) is 4.74 Å². The average molecular weight is 491 g/mol. The largest absolute Gasteiger partial charge is 0.497 e. The van der Waals surface area contributed by atoms with Crippen LogP contribution in [0.2, 0.25) is 0 Å². The lowest BCUT2D eigenvalue weighted by molar-refractivity contribution is -0.132. The van der Waals surface area contributed by atoms with E-state index in [1.165, 1.54) is 5.56 Å². The first kappa shape index (κ1) is 26.4. The van der Waals surface area contributed by atoms with Crippen molar-refractivity contribution in [1.82, 2.24) is 10.2 Å². The van der Waals surface area contributed by atoms with E-state index in [2.05, 4.69) is 53.2 Å². The number of piperidine rings is 1. The number of aliphatic hydroxyl groups is 1. The maximum absolute atomic E-state index is 12.8. The first-order valence-electron chi connectivity index (χ1n) is 13.5. The van der Waals surface area contributed by atoms with Crippen LogP contribution in [0.5, 0.6) is 5.75 Å². The van der Waals surface area contributed by atoms with Crippen molar-refractivity contribution < 1.29 is 14.6 Å². The molecule has 0 aromatic heterocycles. The lowest BCUT2D eigenvalue weighted by Crippen LogP contribution is -2.67. The van der Waals surface area contributed by atoms with Gasteiger partial charge in [-0.05, 0) is 74.8 Å². The predicted molar refractivity (Wildman–Crippen MR) is 145 cm³/mol. The molecular weight excluding hydrogens is 448 g/mol. The van der Waals surface area contributed by atoms with Crippen LogP contribution in [-0.2, 0) is 16.6 Å². The third-order valence-corrected chi connectivity index (χ3v) is 8.32. The van der Waals surface area contributed by atoms with Crippen molar-refractivity contribution in [2.75, 3.05) is 26.7 Å². The quantitative estimate of drug-likeness (QED) is 0.343. The number of β-amino-alcohol motifs (C(OH)–C–C–N with tert-alkyl or cyclic N) is 1. The summed E-state index contributed by atoms with van der Waals surface area (Å²) in [5.41, 5.74) is 1.21. The van der Waals surface area contributed by atoms with Crippen molar-refractivity contribution >= 4 is 5.91 Å². The Morgan fingerprint density at radius 1 is 1.17 bits per heavy atom. The molecule has 2 N–H and O–H groups in total. The van der Waals surface area contributed by atoms with E-state index in [1.54, 1.807) is 7.11 Å². The van der Waals surface area contributed by atoms with Crippen LogP contribution >= 0.6 is 0 Å². The van der Waals surface area contributed by atoms with E-state index in [0.717, 1.165) is 69.3 Å². The van der Waals surface area contributed by atoms with E-state index in [1.807, 2.05) is 24.3 Å². The molecule has 2 aromatic rings. The molecule has 2 fully saturated rings. The molecule has 5 nitrogen and oxygen atoms in total. The molecular formula is C31H42N2O3. The molecule has 5 heteroatoms. The number of methoxy groups -OCH3 is 1. The van der Waals surface area contributed by atoms with E-state index in [-0.39, 0.29) is 11.9 Å². The Morgan fingerprint density at radius 3 is 2.78 bits per heavy atom. The molecule has 1 saturated carbocycles. The summed E-state index contributed by atoms with van der Waals surface area (Å²) in [6, 6.07) is 18.8.